The highest BCUT2D eigenvalue weighted by Crippen LogP contribution is 2.24. The van der Waals surface area contributed by atoms with E-state index in [2.05, 4.69) is 5.92 Å². The maximum absolute atomic E-state index is 9.44. The average molecular weight is 190 g/mol. The number of ether oxygens (including phenoxy) is 1. The van der Waals surface area contributed by atoms with Crippen LogP contribution in [0.1, 0.15) is 25.0 Å². The lowest BCUT2D eigenvalue weighted by atomic mass is 10.1. The van der Waals surface area contributed by atoms with Gasteiger partial charge in [0.15, 0.2) is 0 Å². The molecule has 0 aliphatic heterocycles. The zero-order valence-corrected chi connectivity index (χ0v) is 8.23. The van der Waals surface area contributed by atoms with Gasteiger partial charge >= 0.3 is 0 Å². The summed E-state index contributed by atoms with van der Waals surface area (Å²) >= 11 is 0. The quantitative estimate of drug-likeness (QED) is 0.582. The van der Waals surface area contributed by atoms with Gasteiger partial charge < -0.3 is 9.84 Å². The SMILES string of the molecule is C#CCCOc1ccccc1C(C)O. The Bertz CT molecular complexity index is 323. The average Bonchev–Trinajstić information content (AvgIpc) is 2.19. The number of terminal acetylenes is 1. The van der Waals surface area contributed by atoms with Crippen molar-refractivity contribution in [2.24, 2.45) is 0 Å². The molecular weight excluding hydrogens is 176 g/mol. The van der Waals surface area contributed by atoms with E-state index in [4.69, 9.17) is 11.2 Å². The van der Waals surface area contributed by atoms with Gasteiger partial charge in [0.05, 0.1) is 12.7 Å². The van der Waals surface area contributed by atoms with Crippen molar-refractivity contribution in [2.75, 3.05) is 6.61 Å². The van der Waals surface area contributed by atoms with Crippen molar-refractivity contribution in [3.8, 4) is 18.1 Å². The first kappa shape index (κ1) is 10.6. The molecule has 1 N–H and O–H groups in total. The Hall–Kier alpha value is -1.46. The molecule has 0 saturated carbocycles. The second kappa shape index (κ2) is 5.31. The van der Waals surface area contributed by atoms with Gasteiger partial charge in [-0.2, -0.15) is 0 Å². The van der Waals surface area contributed by atoms with E-state index in [1.165, 1.54) is 0 Å². The third-order valence-electron chi connectivity index (χ3n) is 1.87. The molecule has 0 radical (unpaired) electrons. The second-order valence-corrected chi connectivity index (χ2v) is 3.02. The number of benzene rings is 1. The van der Waals surface area contributed by atoms with E-state index < -0.39 is 6.10 Å². The van der Waals surface area contributed by atoms with Crippen LogP contribution in [0.3, 0.4) is 0 Å². The molecule has 0 aliphatic carbocycles. The smallest absolute Gasteiger partial charge is 0.125 e. The highest BCUT2D eigenvalue weighted by atomic mass is 16.5. The monoisotopic (exact) mass is 190 g/mol. The lowest BCUT2D eigenvalue weighted by Gasteiger charge is -2.11. The number of aliphatic hydroxyl groups is 1. The van der Waals surface area contributed by atoms with Gasteiger partial charge in [-0.05, 0) is 13.0 Å². The molecule has 1 aromatic rings. The molecule has 0 bridgehead atoms. The minimum Gasteiger partial charge on any atom is -0.492 e. The van der Waals surface area contributed by atoms with E-state index in [9.17, 15) is 5.11 Å². The van der Waals surface area contributed by atoms with E-state index in [0.29, 0.717) is 18.8 Å². The Morgan fingerprint density at radius 2 is 2.21 bits per heavy atom. The molecule has 14 heavy (non-hydrogen) atoms. The summed E-state index contributed by atoms with van der Waals surface area (Å²) in [6.07, 6.45) is 5.17. The van der Waals surface area contributed by atoms with Crippen molar-refractivity contribution >= 4 is 0 Å². The molecule has 0 aromatic heterocycles. The van der Waals surface area contributed by atoms with Crippen LogP contribution in [0.2, 0.25) is 0 Å². The fourth-order valence-electron chi connectivity index (χ4n) is 1.18. The lowest BCUT2D eigenvalue weighted by Crippen LogP contribution is -2.01. The number of aliphatic hydroxyl groups excluding tert-OH is 1. The standard InChI is InChI=1S/C12H14O2/c1-3-4-9-14-12-8-6-5-7-11(12)10(2)13/h1,5-8,10,13H,4,9H2,2H3. The van der Waals surface area contributed by atoms with Gasteiger partial charge in [-0.25, -0.2) is 0 Å². The number of hydrogen-bond acceptors (Lipinski definition) is 2. The maximum atomic E-state index is 9.44. The van der Waals surface area contributed by atoms with Crippen molar-refractivity contribution in [2.45, 2.75) is 19.4 Å². The molecule has 0 fully saturated rings. The lowest BCUT2D eigenvalue weighted by molar-refractivity contribution is 0.191. The van der Waals surface area contributed by atoms with Crippen LogP contribution in [-0.2, 0) is 0 Å². The molecule has 1 rings (SSSR count). The summed E-state index contributed by atoms with van der Waals surface area (Å²) in [7, 11) is 0. The summed E-state index contributed by atoms with van der Waals surface area (Å²) in [5.74, 6) is 3.21. The maximum Gasteiger partial charge on any atom is 0.125 e. The highest BCUT2D eigenvalue weighted by Gasteiger charge is 2.07. The summed E-state index contributed by atoms with van der Waals surface area (Å²) in [6, 6.07) is 7.42. The fourth-order valence-corrected chi connectivity index (χ4v) is 1.18. The summed E-state index contributed by atoms with van der Waals surface area (Å²) in [6.45, 7) is 2.20. The Morgan fingerprint density at radius 3 is 2.86 bits per heavy atom. The Kier molecular flexibility index (Phi) is 4.03. The van der Waals surface area contributed by atoms with Crippen LogP contribution in [0.5, 0.6) is 5.75 Å². The minimum absolute atomic E-state index is 0.486. The molecular formula is C12H14O2. The Labute approximate surface area is 84.5 Å². The first-order chi connectivity index (χ1) is 6.75. The van der Waals surface area contributed by atoms with Gasteiger partial charge in [-0.3, -0.25) is 0 Å². The Balaban J connectivity index is 2.70. The summed E-state index contributed by atoms with van der Waals surface area (Å²) in [5.41, 5.74) is 0.796. The molecule has 1 unspecified atom stereocenters. The highest BCUT2D eigenvalue weighted by molar-refractivity contribution is 5.34. The normalized spacial score (nSPS) is 11.8. The van der Waals surface area contributed by atoms with Crippen LogP contribution in [0.4, 0.5) is 0 Å². The van der Waals surface area contributed by atoms with E-state index in [1.54, 1.807) is 6.92 Å². The molecule has 0 aliphatic rings. The van der Waals surface area contributed by atoms with Crippen LogP contribution in [0.15, 0.2) is 24.3 Å². The molecule has 0 heterocycles. The van der Waals surface area contributed by atoms with E-state index in [0.717, 1.165) is 5.56 Å². The molecule has 0 spiro atoms. The van der Waals surface area contributed by atoms with Gasteiger partial charge in [0.25, 0.3) is 0 Å². The third kappa shape index (κ3) is 2.79. The van der Waals surface area contributed by atoms with Gasteiger partial charge in [-0.15, -0.1) is 12.3 Å². The zero-order chi connectivity index (χ0) is 10.4. The number of rotatable bonds is 4. The fraction of sp³-hybridized carbons (Fsp3) is 0.333. The largest absolute Gasteiger partial charge is 0.492 e. The van der Waals surface area contributed by atoms with Crippen LogP contribution >= 0.6 is 0 Å². The van der Waals surface area contributed by atoms with Crippen molar-refractivity contribution in [3.63, 3.8) is 0 Å². The third-order valence-corrected chi connectivity index (χ3v) is 1.87. The van der Waals surface area contributed by atoms with Crippen LogP contribution < -0.4 is 4.74 Å². The van der Waals surface area contributed by atoms with Gasteiger partial charge in [0, 0.05) is 12.0 Å². The summed E-state index contributed by atoms with van der Waals surface area (Å²) < 4.78 is 5.44. The van der Waals surface area contributed by atoms with Crippen molar-refractivity contribution in [1.82, 2.24) is 0 Å². The predicted molar refractivity (Wildman–Crippen MR) is 56.0 cm³/mol. The molecule has 2 nitrogen and oxygen atoms in total. The second-order valence-electron chi connectivity index (χ2n) is 3.02. The molecule has 1 atom stereocenters. The molecule has 74 valence electrons. The van der Waals surface area contributed by atoms with Crippen molar-refractivity contribution in [3.05, 3.63) is 29.8 Å². The number of para-hydroxylation sites is 1. The van der Waals surface area contributed by atoms with Crippen LogP contribution in [-0.4, -0.2) is 11.7 Å². The van der Waals surface area contributed by atoms with E-state index in [1.807, 2.05) is 24.3 Å². The molecule has 0 amide bonds. The zero-order valence-electron chi connectivity index (χ0n) is 8.23. The van der Waals surface area contributed by atoms with Crippen LogP contribution in [0, 0.1) is 12.3 Å². The van der Waals surface area contributed by atoms with Crippen molar-refractivity contribution < 1.29 is 9.84 Å². The first-order valence-corrected chi connectivity index (χ1v) is 4.59. The van der Waals surface area contributed by atoms with Gasteiger partial charge in [0.2, 0.25) is 0 Å². The summed E-state index contributed by atoms with van der Waals surface area (Å²) in [4.78, 5) is 0. The molecule has 2 heteroatoms. The van der Waals surface area contributed by atoms with Gasteiger partial charge in [-0.1, -0.05) is 18.2 Å². The van der Waals surface area contributed by atoms with E-state index in [-0.39, 0.29) is 0 Å². The molecule has 0 saturated heterocycles. The van der Waals surface area contributed by atoms with Crippen LogP contribution in [0.25, 0.3) is 0 Å². The minimum atomic E-state index is -0.517. The number of hydrogen-bond donors (Lipinski definition) is 1. The van der Waals surface area contributed by atoms with Crippen molar-refractivity contribution in [1.29, 1.82) is 0 Å². The summed E-state index contributed by atoms with van der Waals surface area (Å²) in [5, 5.41) is 9.44. The van der Waals surface area contributed by atoms with Gasteiger partial charge in [0.1, 0.15) is 5.75 Å². The topological polar surface area (TPSA) is 29.5 Å². The van der Waals surface area contributed by atoms with E-state index >= 15 is 0 Å². The Morgan fingerprint density at radius 1 is 1.50 bits per heavy atom. The predicted octanol–water partition coefficient (Wildman–Crippen LogP) is 2.14. The molecule has 1 aromatic carbocycles. The first-order valence-electron chi connectivity index (χ1n) is 4.59.